The van der Waals surface area contributed by atoms with Crippen LogP contribution >= 0.6 is 11.6 Å². The summed E-state index contributed by atoms with van der Waals surface area (Å²) in [6.45, 7) is 3.47. The number of rotatable bonds is 8. The van der Waals surface area contributed by atoms with Crippen LogP contribution in [-0.2, 0) is 16.0 Å². The van der Waals surface area contributed by atoms with Crippen LogP contribution in [0.4, 0.5) is 5.69 Å². The molecule has 1 amide bonds. The summed E-state index contributed by atoms with van der Waals surface area (Å²) in [5.74, 6) is 0.292. The molecule has 2 aliphatic heterocycles. The van der Waals surface area contributed by atoms with E-state index in [1.807, 2.05) is 0 Å². The number of hydrogen-bond donors (Lipinski definition) is 2. The largest absolute Gasteiger partial charge is 0.492 e. The summed E-state index contributed by atoms with van der Waals surface area (Å²) in [6.07, 6.45) is 5.97. The number of unbranched alkanes of at least 4 members (excludes halogenated alkanes) is 2. The molecule has 0 radical (unpaired) electrons. The summed E-state index contributed by atoms with van der Waals surface area (Å²) in [5.41, 5.74) is 7.84. The number of nitrogens with one attached hydrogen (secondary N) is 1. The molecule has 8 heteroatoms. The molecule has 1 fully saturated rings. The standard InChI is InChI=1S/C21H30ClN3O4/c1-28-18(26)5-3-2-4-9-25-10-6-14(7-11-25)24-21(27)16-13-17(22)19(23)15-8-12-29-20(15)16/h13-14H,2-12,23H2,1H3,(H,24,27). The summed E-state index contributed by atoms with van der Waals surface area (Å²) >= 11 is 6.21. The van der Waals surface area contributed by atoms with Crippen molar-refractivity contribution in [3.05, 3.63) is 22.2 Å². The summed E-state index contributed by atoms with van der Waals surface area (Å²) in [4.78, 5) is 26.3. The van der Waals surface area contributed by atoms with Gasteiger partial charge in [-0.15, -0.1) is 0 Å². The number of halogens is 1. The number of fused-ring (bicyclic) bond motifs is 1. The minimum absolute atomic E-state index is 0.139. The first-order chi connectivity index (χ1) is 14.0. The van der Waals surface area contributed by atoms with Crippen molar-refractivity contribution >= 4 is 29.2 Å². The van der Waals surface area contributed by atoms with Crippen molar-refractivity contribution in [1.29, 1.82) is 0 Å². The number of nitrogen functional groups attached to an aromatic ring is 1. The van der Waals surface area contributed by atoms with Crippen molar-refractivity contribution in [1.82, 2.24) is 10.2 Å². The second-order valence-electron chi connectivity index (χ2n) is 7.70. The highest BCUT2D eigenvalue weighted by Crippen LogP contribution is 2.38. The molecule has 1 aromatic rings. The molecule has 2 aliphatic rings. The number of anilines is 1. The van der Waals surface area contributed by atoms with Gasteiger partial charge < -0.3 is 25.4 Å². The van der Waals surface area contributed by atoms with Gasteiger partial charge in [0.05, 0.1) is 30.0 Å². The van der Waals surface area contributed by atoms with Crippen molar-refractivity contribution in [2.45, 2.75) is 51.0 Å². The van der Waals surface area contributed by atoms with Crippen molar-refractivity contribution in [3.8, 4) is 5.75 Å². The number of ether oxygens (including phenoxy) is 2. The zero-order valence-electron chi connectivity index (χ0n) is 17.0. The number of esters is 1. The summed E-state index contributed by atoms with van der Waals surface area (Å²) < 4.78 is 10.3. The van der Waals surface area contributed by atoms with E-state index in [9.17, 15) is 9.59 Å². The van der Waals surface area contributed by atoms with Gasteiger partial charge in [0.15, 0.2) is 0 Å². The molecule has 3 rings (SSSR count). The van der Waals surface area contributed by atoms with E-state index in [1.165, 1.54) is 7.11 Å². The number of amides is 1. The van der Waals surface area contributed by atoms with Crippen LogP contribution in [0.25, 0.3) is 0 Å². The fourth-order valence-electron chi connectivity index (χ4n) is 3.98. The second-order valence-corrected chi connectivity index (χ2v) is 8.11. The van der Waals surface area contributed by atoms with Crippen LogP contribution in [0.2, 0.25) is 5.02 Å². The Kier molecular flexibility index (Phi) is 7.61. The topological polar surface area (TPSA) is 93.9 Å². The minimum atomic E-state index is -0.147. The highest BCUT2D eigenvalue weighted by molar-refractivity contribution is 6.33. The highest BCUT2D eigenvalue weighted by Gasteiger charge is 2.27. The number of benzene rings is 1. The average Bonchev–Trinajstić information content (AvgIpc) is 3.21. The molecule has 0 aliphatic carbocycles. The molecule has 7 nitrogen and oxygen atoms in total. The second kappa shape index (κ2) is 10.2. The van der Waals surface area contributed by atoms with E-state index in [-0.39, 0.29) is 17.9 Å². The maximum atomic E-state index is 12.8. The molecule has 0 spiro atoms. The van der Waals surface area contributed by atoms with Crippen LogP contribution in [0.5, 0.6) is 5.75 Å². The Morgan fingerprint density at radius 3 is 2.79 bits per heavy atom. The van der Waals surface area contributed by atoms with Gasteiger partial charge in [-0.25, -0.2) is 0 Å². The van der Waals surface area contributed by atoms with Gasteiger partial charge in [-0.3, -0.25) is 9.59 Å². The van der Waals surface area contributed by atoms with E-state index >= 15 is 0 Å². The molecule has 0 bridgehead atoms. The van der Waals surface area contributed by atoms with Gasteiger partial charge in [0, 0.05) is 37.5 Å². The lowest BCUT2D eigenvalue weighted by Crippen LogP contribution is -2.44. The van der Waals surface area contributed by atoms with E-state index in [0.717, 1.165) is 57.3 Å². The lowest BCUT2D eigenvalue weighted by Gasteiger charge is -2.32. The van der Waals surface area contributed by atoms with Crippen LogP contribution < -0.4 is 15.8 Å². The molecule has 1 saturated heterocycles. The number of likely N-dealkylation sites (tertiary alicyclic amines) is 1. The van der Waals surface area contributed by atoms with Gasteiger partial charge in [0.1, 0.15) is 5.75 Å². The number of piperidine rings is 1. The number of hydrogen-bond acceptors (Lipinski definition) is 6. The molecule has 29 heavy (non-hydrogen) atoms. The Labute approximate surface area is 176 Å². The Morgan fingerprint density at radius 2 is 2.07 bits per heavy atom. The minimum Gasteiger partial charge on any atom is -0.492 e. The summed E-state index contributed by atoms with van der Waals surface area (Å²) in [7, 11) is 1.42. The number of nitrogens with two attached hydrogens (primary N) is 1. The summed E-state index contributed by atoms with van der Waals surface area (Å²) in [5, 5.41) is 3.54. The van der Waals surface area contributed by atoms with Gasteiger partial charge in [0.25, 0.3) is 5.91 Å². The average molecular weight is 424 g/mol. The van der Waals surface area contributed by atoms with Gasteiger partial charge >= 0.3 is 5.97 Å². The number of nitrogens with zero attached hydrogens (tertiary/aromatic N) is 1. The first kappa shape index (κ1) is 21.7. The van der Waals surface area contributed by atoms with Crippen molar-refractivity contribution in [2.75, 3.05) is 39.1 Å². The van der Waals surface area contributed by atoms with E-state index < -0.39 is 0 Å². The van der Waals surface area contributed by atoms with Crippen molar-refractivity contribution in [2.24, 2.45) is 0 Å². The number of carbonyl (C=O) groups is 2. The lowest BCUT2D eigenvalue weighted by molar-refractivity contribution is -0.140. The number of carbonyl (C=O) groups excluding carboxylic acids is 2. The number of methoxy groups -OCH3 is 1. The van der Waals surface area contributed by atoms with E-state index in [4.69, 9.17) is 22.1 Å². The Bertz CT molecular complexity index is 748. The SMILES string of the molecule is COC(=O)CCCCCN1CCC(NC(=O)c2cc(Cl)c(N)c3c2OCC3)CC1. The van der Waals surface area contributed by atoms with Crippen molar-refractivity contribution < 1.29 is 19.1 Å². The monoisotopic (exact) mass is 423 g/mol. The first-order valence-electron chi connectivity index (χ1n) is 10.3. The predicted octanol–water partition coefficient (Wildman–Crippen LogP) is 2.78. The molecule has 0 atom stereocenters. The lowest BCUT2D eigenvalue weighted by atomic mass is 10.0. The third-order valence-electron chi connectivity index (χ3n) is 5.72. The molecule has 1 aromatic carbocycles. The van der Waals surface area contributed by atoms with Gasteiger partial charge in [-0.05, 0) is 38.3 Å². The maximum Gasteiger partial charge on any atom is 0.305 e. The van der Waals surface area contributed by atoms with Crippen LogP contribution in [0, 0.1) is 0 Å². The van der Waals surface area contributed by atoms with Gasteiger partial charge in [0.2, 0.25) is 0 Å². The van der Waals surface area contributed by atoms with Gasteiger partial charge in [-0.1, -0.05) is 18.0 Å². The quantitative estimate of drug-likeness (QED) is 0.379. The fourth-order valence-corrected chi connectivity index (χ4v) is 4.21. The predicted molar refractivity (Wildman–Crippen MR) is 112 cm³/mol. The Balaban J connectivity index is 1.42. The van der Waals surface area contributed by atoms with E-state index in [1.54, 1.807) is 6.07 Å². The van der Waals surface area contributed by atoms with Crippen LogP contribution in [0.1, 0.15) is 54.4 Å². The van der Waals surface area contributed by atoms with Gasteiger partial charge in [-0.2, -0.15) is 0 Å². The first-order valence-corrected chi connectivity index (χ1v) is 10.7. The van der Waals surface area contributed by atoms with Crippen molar-refractivity contribution in [3.63, 3.8) is 0 Å². The van der Waals surface area contributed by atoms with Crippen LogP contribution in [0.15, 0.2) is 6.07 Å². The zero-order valence-corrected chi connectivity index (χ0v) is 17.7. The third-order valence-corrected chi connectivity index (χ3v) is 6.03. The third kappa shape index (κ3) is 5.54. The fraction of sp³-hybridized carbons (Fsp3) is 0.619. The molecule has 160 valence electrons. The van der Waals surface area contributed by atoms with E-state index in [2.05, 4.69) is 15.0 Å². The smallest absolute Gasteiger partial charge is 0.305 e. The van der Waals surface area contributed by atoms with Crippen LogP contribution in [-0.4, -0.2) is 56.2 Å². The summed E-state index contributed by atoms with van der Waals surface area (Å²) in [6, 6.07) is 1.76. The normalized spacial score (nSPS) is 16.9. The molecule has 0 unspecified atom stereocenters. The molecule has 3 N–H and O–H groups in total. The molecule has 2 heterocycles. The maximum absolute atomic E-state index is 12.8. The Hall–Kier alpha value is -1.99. The Morgan fingerprint density at radius 1 is 1.31 bits per heavy atom. The van der Waals surface area contributed by atoms with Crippen LogP contribution in [0.3, 0.4) is 0 Å². The molecular formula is C21H30ClN3O4. The van der Waals surface area contributed by atoms with E-state index in [0.29, 0.717) is 41.5 Å². The highest BCUT2D eigenvalue weighted by atomic mass is 35.5. The molecule has 0 aromatic heterocycles. The molecule has 0 saturated carbocycles. The zero-order chi connectivity index (χ0) is 20.8. The molecular weight excluding hydrogens is 394 g/mol.